The number of furan rings is 1. The normalized spacial score (nSPS) is 15.0. The van der Waals surface area contributed by atoms with E-state index in [4.69, 9.17) is 8.83 Å². The Bertz CT molecular complexity index is 1260. The minimum absolute atomic E-state index is 0.102. The minimum Gasteiger partial charge on any atom is -0.469 e. The lowest BCUT2D eigenvalue weighted by atomic mass is 10.2. The van der Waals surface area contributed by atoms with Gasteiger partial charge in [-0.05, 0) is 32.0 Å². The highest BCUT2D eigenvalue weighted by Crippen LogP contribution is 2.26. The molecule has 3 heterocycles. The molecule has 3 aromatic rings. The lowest BCUT2D eigenvalue weighted by Gasteiger charge is -2.34. The molecule has 1 aliphatic heterocycles. The lowest BCUT2D eigenvalue weighted by molar-refractivity contribution is -0.129. The molecular weight excluding hydrogens is 468 g/mol. The van der Waals surface area contributed by atoms with Crippen molar-refractivity contribution in [1.82, 2.24) is 19.4 Å². The van der Waals surface area contributed by atoms with Crippen molar-refractivity contribution in [2.45, 2.75) is 24.0 Å². The third-order valence-electron chi connectivity index (χ3n) is 5.30. The molecule has 0 aliphatic carbocycles. The predicted molar refractivity (Wildman–Crippen MR) is 119 cm³/mol. The summed E-state index contributed by atoms with van der Waals surface area (Å²) in [5.41, 5.74) is 1.16. The Morgan fingerprint density at radius 3 is 2.36 bits per heavy atom. The van der Waals surface area contributed by atoms with Crippen LogP contribution in [0.5, 0.6) is 0 Å². The molecule has 174 valence electrons. The number of Topliss-reactive ketones (excluding diaryl/α,β-unsaturated/α-hetero) is 1. The molecule has 33 heavy (non-hydrogen) atoms. The molecule has 1 aliphatic rings. The molecule has 0 N–H and O–H groups in total. The summed E-state index contributed by atoms with van der Waals surface area (Å²) in [6, 6.07) is 7.60. The van der Waals surface area contributed by atoms with Crippen LogP contribution in [0.15, 0.2) is 55.5 Å². The number of rotatable bonds is 7. The number of carbonyl (C=O) groups excluding carboxylic acids is 2. The first-order valence-electron chi connectivity index (χ1n) is 10.2. The standard InChI is InChI=1S/C21H22N4O6S2/c1-14(26)16-3-5-17(6-4-16)33(28,29)25-10-8-24(9-11-25)19(27)13-32-21-23-22-20(31-21)18-7-12-30-15(18)2/h3-7,12H,8-11,13H2,1-2H3. The Labute approximate surface area is 195 Å². The van der Waals surface area contributed by atoms with Gasteiger partial charge in [-0.3, -0.25) is 9.59 Å². The summed E-state index contributed by atoms with van der Waals surface area (Å²) in [4.78, 5) is 25.7. The molecule has 1 amide bonds. The highest BCUT2D eigenvalue weighted by atomic mass is 32.2. The fourth-order valence-electron chi connectivity index (χ4n) is 3.39. The Balaban J connectivity index is 1.30. The zero-order chi connectivity index (χ0) is 23.6. The smallest absolute Gasteiger partial charge is 0.277 e. The van der Waals surface area contributed by atoms with Gasteiger partial charge in [-0.2, -0.15) is 4.31 Å². The molecule has 0 unspecified atom stereocenters. The van der Waals surface area contributed by atoms with Crippen molar-refractivity contribution < 1.29 is 26.8 Å². The first-order valence-corrected chi connectivity index (χ1v) is 12.6. The molecule has 0 spiro atoms. The van der Waals surface area contributed by atoms with Crippen LogP contribution in [0.3, 0.4) is 0 Å². The predicted octanol–water partition coefficient (Wildman–Crippen LogP) is 2.47. The summed E-state index contributed by atoms with van der Waals surface area (Å²) in [6.45, 7) is 4.17. The summed E-state index contributed by atoms with van der Waals surface area (Å²) < 4.78 is 37.9. The van der Waals surface area contributed by atoms with Gasteiger partial charge in [-0.1, -0.05) is 23.9 Å². The number of hydrogen-bond acceptors (Lipinski definition) is 9. The molecule has 2 aromatic heterocycles. The maximum absolute atomic E-state index is 12.9. The average molecular weight is 491 g/mol. The van der Waals surface area contributed by atoms with Crippen LogP contribution in [0, 0.1) is 6.92 Å². The number of carbonyl (C=O) groups is 2. The average Bonchev–Trinajstić information content (AvgIpc) is 3.46. The van der Waals surface area contributed by atoms with Crippen LogP contribution in [0.2, 0.25) is 0 Å². The number of benzene rings is 1. The summed E-state index contributed by atoms with van der Waals surface area (Å²) in [5, 5.41) is 8.20. The van der Waals surface area contributed by atoms with Gasteiger partial charge in [-0.25, -0.2) is 8.42 Å². The molecule has 1 fully saturated rings. The minimum atomic E-state index is -3.69. The SMILES string of the molecule is CC(=O)c1ccc(S(=O)(=O)N2CCN(C(=O)CSc3nnc(-c4ccoc4C)o3)CC2)cc1. The summed E-state index contributed by atoms with van der Waals surface area (Å²) in [5.74, 6) is 0.824. The van der Waals surface area contributed by atoms with Crippen molar-refractivity contribution >= 4 is 33.5 Å². The van der Waals surface area contributed by atoms with Crippen LogP contribution in [-0.2, 0) is 14.8 Å². The van der Waals surface area contributed by atoms with Crippen molar-refractivity contribution in [2.75, 3.05) is 31.9 Å². The lowest BCUT2D eigenvalue weighted by Crippen LogP contribution is -2.50. The Morgan fingerprint density at radius 1 is 1.06 bits per heavy atom. The molecule has 1 aromatic carbocycles. The molecule has 0 saturated carbocycles. The Kier molecular flexibility index (Phi) is 6.68. The Morgan fingerprint density at radius 2 is 1.76 bits per heavy atom. The number of ketones is 1. The fourth-order valence-corrected chi connectivity index (χ4v) is 5.48. The third kappa shape index (κ3) is 5.02. The number of nitrogens with zero attached hydrogens (tertiary/aromatic N) is 4. The molecule has 4 rings (SSSR count). The second-order valence-electron chi connectivity index (χ2n) is 7.42. The molecule has 0 atom stereocenters. The van der Waals surface area contributed by atoms with Crippen LogP contribution in [-0.4, -0.2) is 71.4 Å². The van der Waals surface area contributed by atoms with Gasteiger partial charge in [0.25, 0.3) is 11.1 Å². The topological polar surface area (TPSA) is 127 Å². The number of sulfonamides is 1. The van der Waals surface area contributed by atoms with Crippen molar-refractivity contribution in [3.63, 3.8) is 0 Å². The van der Waals surface area contributed by atoms with Gasteiger partial charge in [-0.15, -0.1) is 10.2 Å². The fraction of sp³-hybridized carbons (Fsp3) is 0.333. The maximum Gasteiger partial charge on any atom is 0.277 e. The van der Waals surface area contributed by atoms with Gasteiger partial charge in [0.15, 0.2) is 5.78 Å². The maximum atomic E-state index is 12.9. The quantitative estimate of drug-likeness (QED) is 0.362. The van der Waals surface area contributed by atoms with E-state index in [1.807, 2.05) is 0 Å². The summed E-state index contributed by atoms with van der Waals surface area (Å²) in [6.07, 6.45) is 1.53. The zero-order valence-corrected chi connectivity index (χ0v) is 19.7. The van der Waals surface area contributed by atoms with E-state index in [9.17, 15) is 18.0 Å². The van der Waals surface area contributed by atoms with Gasteiger partial charge in [0.2, 0.25) is 15.9 Å². The van der Waals surface area contributed by atoms with Crippen molar-refractivity contribution in [3.8, 4) is 11.5 Å². The van der Waals surface area contributed by atoms with E-state index in [-0.39, 0.29) is 53.7 Å². The van der Waals surface area contributed by atoms with Crippen LogP contribution >= 0.6 is 11.8 Å². The van der Waals surface area contributed by atoms with E-state index in [0.29, 0.717) is 22.8 Å². The van der Waals surface area contributed by atoms with Crippen molar-refractivity contribution in [1.29, 1.82) is 0 Å². The highest BCUT2D eigenvalue weighted by molar-refractivity contribution is 7.99. The van der Waals surface area contributed by atoms with E-state index < -0.39 is 10.0 Å². The summed E-state index contributed by atoms with van der Waals surface area (Å²) in [7, 11) is -3.69. The number of aromatic nitrogens is 2. The zero-order valence-electron chi connectivity index (χ0n) is 18.1. The van der Waals surface area contributed by atoms with Gasteiger partial charge in [0.05, 0.1) is 22.5 Å². The van der Waals surface area contributed by atoms with E-state index in [1.165, 1.54) is 41.8 Å². The number of amides is 1. The van der Waals surface area contributed by atoms with Crippen LogP contribution in [0.25, 0.3) is 11.5 Å². The first kappa shape index (κ1) is 23.2. The van der Waals surface area contributed by atoms with E-state index in [1.54, 1.807) is 17.9 Å². The monoisotopic (exact) mass is 490 g/mol. The van der Waals surface area contributed by atoms with Crippen LogP contribution < -0.4 is 0 Å². The molecular formula is C21H22N4O6S2. The number of aryl methyl sites for hydroxylation is 1. The molecule has 0 bridgehead atoms. The highest BCUT2D eigenvalue weighted by Gasteiger charge is 2.30. The van der Waals surface area contributed by atoms with Crippen LogP contribution in [0.4, 0.5) is 0 Å². The first-order chi connectivity index (χ1) is 15.8. The van der Waals surface area contributed by atoms with Gasteiger partial charge in [0, 0.05) is 31.7 Å². The molecule has 12 heteroatoms. The van der Waals surface area contributed by atoms with Crippen molar-refractivity contribution in [3.05, 3.63) is 47.9 Å². The van der Waals surface area contributed by atoms with E-state index >= 15 is 0 Å². The molecule has 10 nitrogen and oxygen atoms in total. The second kappa shape index (κ2) is 9.49. The summed E-state index contributed by atoms with van der Waals surface area (Å²) >= 11 is 1.13. The molecule has 1 saturated heterocycles. The van der Waals surface area contributed by atoms with Crippen LogP contribution in [0.1, 0.15) is 23.0 Å². The number of hydrogen-bond donors (Lipinski definition) is 0. The van der Waals surface area contributed by atoms with Gasteiger partial charge in [0.1, 0.15) is 5.76 Å². The van der Waals surface area contributed by atoms with Gasteiger partial charge >= 0.3 is 0 Å². The molecule has 0 radical (unpaired) electrons. The van der Waals surface area contributed by atoms with Gasteiger partial charge < -0.3 is 13.7 Å². The van der Waals surface area contributed by atoms with E-state index in [2.05, 4.69) is 10.2 Å². The third-order valence-corrected chi connectivity index (χ3v) is 8.02. The number of thioether (sulfide) groups is 1. The Hall–Kier alpha value is -2.96. The van der Waals surface area contributed by atoms with Crippen molar-refractivity contribution in [2.24, 2.45) is 0 Å². The second-order valence-corrected chi connectivity index (χ2v) is 10.3. The van der Waals surface area contributed by atoms with E-state index in [0.717, 1.165) is 11.8 Å². The number of piperazine rings is 1. The largest absolute Gasteiger partial charge is 0.469 e.